The largest absolute Gasteiger partial charge is 0.507 e. The zero-order chi connectivity index (χ0) is 19.5. The maximum absolute atomic E-state index is 12.6. The molecule has 0 spiro atoms. The second kappa shape index (κ2) is 6.74. The van der Waals surface area contributed by atoms with E-state index in [0.29, 0.717) is 15.8 Å². The third-order valence-electron chi connectivity index (χ3n) is 7.15. The SMILES string of the molecule is C=CCN1C(=O)/C(=C\c2cc(C34CC5CC(CC(C5)C3)C4)ccc2O)SC1=S. The van der Waals surface area contributed by atoms with Crippen molar-refractivity contribution in [1.29, 1.82) is 0 Å². The fourth-order valence-electron chi connectivity index (χ4n) is 6.39. The van der Waals surface area contributed by atoms with Crippen molar-refractivity contribution in [2.45, 2.75) is 43.9 Å². The monoisotopic (exact) mass is 411 g/mol. The van der Waals surface area contributed by atoms with Gasteiger partial charge in [-0.25, -0.2) is 0 Å². The topological polar surface area (TPSA) is 40.5 Å². The van der Waals surface area contributed by atoms with Crippen LogP contribution in [0.1, 0.15) is 49.7 Å². The number of thioether (sulfide) groups is 1. The molecule has 1 aromatic carbocycles. The Morgan fingerprint density at radius 3 is 2.46 bits per heavy atom. The van der Waals surface area contributed by atoms with Gasteiger partial charge in [-0.2, -0.15) is 0 Å². The summed E-state index contributed by atoms with van der Waals surface area (Å²) in [5.41, 5.74) is 2.34. The summed E-state index contributed by atoms with van der Waals surface area (Å²) in [4.78, 5) is 14.8. The van der Waals surface area contributed by atoms with Gasteiger partial charge in [0.15, 0.2) is 0 Å². The molecule has 28 heavy (non-hydrogen) atoms. The van der Waals surface area contributed by atoms with Crippen molar-refractivity contribution in [1.82, 2.24) is 4.90 Å². The highest BCUT2D eigenvalue weighted by molar-refractivity contribution is 8.26. The molecule has 1 aliphatic heterocycles. The van der Waals surface area contributed by atoms with Crippen molar-refractivity contribution in [2.75, 3.05) is 6.54 Å². The quantitative estimate of drug-likeness (QED) is 0.417. The predicted molar refractivity (Wildman–Crippen MR) is 118 cm³/mol. The molecule has 4 bridgehead atoms. The highest BCUT2D eigenvalue weighted by Gasteiger charge is 2.51. The summed E-state index contributed by atoms with van der Waals surface area (Å²) in [5, 5.41) is 10.5. The fourth-order valence-corrected chi connectivity index (χ4v) is 7.66. The second-order valence-electron chi connectivity index (χ2n) is 9.05. The number of hydrogen-bond donors (Lipinski definition) is 1. The van der Waals surface area contributed by atoms with E-state index in [4.69, 9.17) is 12.2 Å². The van der Waals surface area contributed by atoms with Crippen LogP contribution < -0.4 is 0 Å². The number of nitrogens with zero attached hydrogens (tertiary/aromatic N) is 1. The number of benzene rings is 1. The second-order valence-corrected chi connectivity index (χ2v) is 10.7. The third kappa shape index (κ3) is 2.94. The first-order chi connectivity index (χ1) is 13.5. The predicted octanol–water partition coefficient (Wildman–Crippen LogP) is 5.25. The smallest absolute Gasteiger partial charge is 0.266 e. The molecule has 4 aliphatic carbocycles. The minimum absolute atomic E-state index is 0.102. The summed E-state index contributed by atoms with van der Waals surface area (Å²) in [6, 6.07) is 6.05. The van der Waals surface area contributed by atoms with E-state index in [0.717, 1.165) is 23.3 Å². The van der Waals surface area contributed by atoms with E-state index in [-0.39, 0.29) is 17.1 Å². The fraction of sp³-hybridized carbons (Fsp3) is 0.478. The van der Waals surface area contributed by atoms with Crippen LogP contribution in [0.15, 0.2) is 35.8 Å². The number of thiocarbonyl (C=S) groups is 1. The minimum Gasteiger partial charge on any atom is -0.507 e. The van der Waals surface area contributed by atoms with Gasteiger partial charge in [0.1, 0.15) is 10.1 Å². The van der Waals surface area contributed by atoms with E-state index in [1.54, 1.807) is 11.0 Å². The van der Waals surface area contributed by atoms with E-state index < -0.39 is 0 Å². The molecular formula is C23H25NO2S2. The van der Waals surface area contributed by atoms with Crippen LogP contribution in [0.3, 0.4) is 0 Å². The molecule has 5 heteroatoms. The van der Waals surface area contributed by atoms with Crippen molar-refractivity contribution < 1.29 is 9.90 Å². The molecule has 146 valence electrons. The average molecular weight is 412 g/mol. The number of phenolic OH excluding ortho intramolecular Hbond substituents is 1. The van der Waals surface area contributed by atoms with Gasteiger partial charge in [0.25, 0.3) is 5.91 Å². The summed E-state index contributed by atoms with van der Waals surface area (Å²) in [7, 11) is 0. The average Bonchev–Trinajstić information content (AvgIpc) is 2.90. The minimum atomic E-state index is -0.102. The number of phenols is 1. The van der Waals surface area contributed by atoms with E-state index in [1.807, 2.05) is 12.1 Å². The first-order valence-corrected chi connectivity index (χ1v) is 11.4. The zero-order valence-electron chi connectivity index (χ0n) is 15.9. The molecule has 0 unspecified atom stereocenters. The van der Waals surface area contributed by atoms with Crippen molar-refractivity contribution in [2.24, 2.45) is 17.8 Å². The lowest BCUT2D eigenvalue weighted by Gasteiger charge is -2.57. The van der Waals surface area contributed by atoms with Crippen LogP contribution in [0.4, 0.5) is 0 Å². The van der Waals surface area contributed by atoms with Gasteiger partial charge in [-0.3, -0.25) is 9.69 Å². The van der Waals surface area contributed by atoms with E-state index in [9.17, 15) is 9.90 Å². The molecule has 1 heterocycles. The molecule has 0 atom stereocenters. The van der Waals surface area contributed by atoms with Crippen molar-refractivity contribution in [3.63, 3.8) is 0 Å². The van der Waals surface area contributed by atoms with E-state index in [1.165, 1.54) is 55.9 Å². The molecule has 5 aliphatic rings. The molecule has 4 saturated carbocycles. The number of amides is 1. The summed E-state index contributed by atoms with van der Waals surface area (Å²) < 4.78 is 0.549. The third-order valence-corrected chi connectivity index (χ3v) is 8.53. The standard InChI is InChI=1S/C23H25NO2S2/c1-2-5-24-21(26)20(28-22(24)27)10-17-9-18(3-4-19(17)25)23-11-14-6-15(12-23)8-16(7-14)13-23/h2-4,9-10,14-16,25H,1,5-8,11-13H2/b20-10+. The first-order valence-electron chi connectivity index (χ1n) is 10.2. The number of rotatable bonds is 4. The van der Waals surface area contributed by atoms with Crippen LogP contribution in [0.25, 0.3) is 6.08 Å². The normalized spacial score (nSPS) is 35.2. The van der Waals surface area contributed by atoms with Gasteiger partial charge in [0.2, 0.25) is 0 Å². The Hall–Kier alpha value is -1.59. The van der Waals surface area contributed by atoms with Crippen LogP contribution in [0.2, 0.25) is 0 Å². The number of aromatic hydroxyl groups is 1. The van der Waals surface area contributed by atoms with Crippen molar-refractivity contribution >= 4 is 40.3 Å². The zero-order valence-corrected chi connectivity index (χ0v) is 17.5. The Morgan fingerprint density at radius 1 is 1.21 bits per heavy atom. The van der Waals surface area contributed by atoms with Gasteiger partial charge in [0.05, 0.1) is 4.91 Å². The maximum atomic E-state index is 12.6. The van der Waals surface area contributed by atoms with Crippen molar-refractivity contribution in [3.05, 3.63) is 46.9 Å². The van der Waals surface area contributed by atoms with Gasteiger partial charge < -0.3 is 5.11 Å². The highest BCUT2D eigenvalue weighted by Crippen LogP contribution is 2.61. The Labute approximate surface area is 175 Å². The molecule has 6 rings (SSSR count). The summed E-state index contributed by atoms with van der Waals surface area (Å²) in [5.74, 6) is 2.74. The highest BCUT2D eigenvalue weighted by atomic mass is 32.2. The molecule has 3 nitrogen and oxygen atoms in total. The van der Waals surface area contributed by atoms with E-state index in [2.05, 4.69) is 18.7 Å². The Morgan fingerprint density at radius 2 is 1.86 bits per heavy atom. The van der Waals surface area contributed by atoms with Crippen LogP contribution in [0.5, 0.6) is 5.75 Å². The van der Waals surface area contributed by atoms with Gasteiger partial charge in [-0.15, -0.1) is 6.58 Å². The van der Waals surface area contributed by atoms with Gasteiger partial charge in [0, 0.05) is 12.1 Å². The number of carbonyl (C=O) groups is 1. The maximum Gasteiger partial charge on any atom is 0.266 e. The lowest BCUT2D eigenvalue weighted by Crippen LogP contribution is -2.48. The summed E-state index contributed by atoms with van der Waals surface area (Å²) in [6.45, 7) is 4.11. The molecule has 1 aromatic rings. The summed E-state index contributed by atoms with van der Waals surface area (Å²) in [6.07, 6.45) is 11.6. The van der Waals surface area contributed by atoms with Gasteiger partial charge in [-0.1, -0.05) is 36.1 Å². The first kappa shape index (κ1) is 18.4. The number of hydrogen-bond acceptors (Lipinski definition) is 4. The van der Waals surface area contributed by atoms with Crippen LogP contribution in [-0.2, 0) is 10.2 Å². The molecule has 0 radical (unpaired) electrons. The number of carbonyl (C=O) groups excluding carboxylic acids is 1. The summed E-state index contributed by atoms with van der Waals surface area (Å²) >= 11 is 6.63. The van der Waals surface area contributed by atoms with Crippen molar-refractivity contribution in [3.8, 4) is 5.75 Å². The van der Waals surface area contributed by atoms with Crippen LogP contribution in [-0.4, -0.2) is 26.8 Å². The van der Waals surface area contributed by atoms with Crippen LogP contribution >= 0.6 is 24.0 Å². The lowest BCUT2D eigenvalue weighted by molar-refractivity contribution is -0.121. The molecule has 1 amide bonds. The molecule has 5 fully saturated rings. The molecular weight excluding hydrogens is 386 g/mol. The molecule has 0 aromatic heterocycles. The van der Waals surface area contributed by atoms with Crippen LogP contribution in [0, 0.1) is 17.8 Å². The van der Waals surface area contributed by atoms with Gasteiger partial charge in [-0.05, 0) is 85.5 Å². The van der Waals surface area contributed by atoms with Gasteiger partial charge >= 0.3 is 0 Å². The van der Waals surface area contributed by atoms with E-state index >= 15 is 0 Å². The molecule has 1 N–H and O–H groups in total. The Bertz CT molecular complexity index is 869. The molecule has 1 saturated heterocycles. The Kier molecular flexibility index (Phi) is 4.44. The lowest BCUT2D eigenvalue weighted by atomic mass is 9.48. The Balaban J connectivity index is 1.48.